The smallest absolute Gasteiger partial charge is 0.223 e. The van der Waals surface area contributed by atoms with E-state index in [1.165, 1.54) is 0 Å². The minimum Gasteiger partial charge on any atom is -0.346 e. The van der Waals surface area contributed by atoms with Gasteiger partial charge in [0.2, 0.25) is 5.91 Å². The van der Waals surface area contributed by atoms with Crippen LogP contribution in [0.2, 0.25) is 0 Å². The zero-order valence-corrected chi connectivity index (χ0v) is 10.6. The molecule has 1 N–H and O–H groups in total. The van der Waals surface area contributed by atoms with Gasteiger partial charge in [0.25, 0.3) is 0 Å². The molecule has 0 aliphatic heterocycles. The van der Waals surface area contributed by atoms with Crippen molar-refractivity contribution >= 4 is 11.7 Å². The van der Waals surface area contributed by atoms with Crippen molar-refractivity contribution in [2.24, 2.45) is 17.8 Å². The van der Waals surface area contributed by atoms with Crippen molar-refractivity contribution in [2.45, 2.75) is 47.6 Å². The molecular weight excluding hydrogens is 194 g/mol. The summed E-state index contributed by atoms with van der Waals surface area (Å²) in [5.74, 6) is 0.0837. The molecule has 1 amide bonds. The predicted molar refractivity (Wildman–Crippen MR) is 61.5 cm³/mol. The maximum Gasteiger partial charge on any atom is 0.223 e. The van der Waals surface area contributed by atoms with Crippen LogP contribution < -0.4 is 5.32 Å². The van der Waals surface area contributed by atoms with E-state index in [9.17, 15) is 9.59 Å². The first kappa shape index (κ1) is 14.1. The largest absolute Gasteiger partial charge is 0.346 e. The third-order valence-corrected chi connectivity index (χ3v) is 2.36. The highest BCUT2D eigenvalue weighted by atomic mass is 18.1. The second-order valence-electron chi connectivity index (χ2n) is 4.94. The van der Waals surface area contributed by atoms with Gasteiger partial charge in [-0.3, -0.25) is 9.59 Å². The van der Waals surface area contributed by atoms with Crippen molar-refractivity contribution in [1.82, 2.24) is 5.32 Å². The predicted octanol–water partition coefficient (Wildman–Crippen LogP) is 2.01. The highest BCUT2D eigenvalue weighted by Gasteiger charge is 2.26. The van der Waals surface area contributed by atoms with Crippen molar-refractivity contribution in [1.29, 1.82) is 0 Å². The van der Waals surface area contributed by atoms with Crippen molar-refractivity contribution < 1.29 is 9.59 Å². The van der Waals surface area contributed by atoms with E-state index in [2.05, 4.69) is 5.32 Å². The molecule has 0 saturated heterocycles. The van der Waals surface area contributed by atoms with Gasteiger partial charge in [0.05, 0.1) is 6.04 Å². The maximum atomic E-state index is 11.8. The molecule has 0 fully saturated rings. The topological polar surface area (TPSA) is 46.2 Å². The standard InChI is InChI=1S/C12H23NO2/c1-7(2)10(11(14)8(3)4)13-12(15)9(5)6/h7-10H,1-6H3,(H,13,15)/i14+2,15+2. The third kappa shape index (κ3) is 4.45. The van der Waals surface area contributed by atoms with Crippen LogP contribution in [0, 0.1) is 17.8 Å². The molecule has 1 unspecified atom stereocenters. The fraction of sp³-hybridized carbons (Fsp3) is 0.833. The Labute approximate surface area is 92.6 Å². The first-order valence-electron chi connectivity index (χ1n) is 5.61. The molecule has 0 aromatic rings. The van der Waals surface area contributed by atoms with E-state index >= 15 is 0 Å². The van der Waals surface area contributed by atoms with Crippen LogP contribution in [0.1, 0.15) is 41.5 Å². The monoisotopic (exact) mass is 217 g/mol. The van der Waals surface area contributed by atoms with Gasteiger partial charge in [-0.25, -0.2) is 0 Å². The van der Waals surface area contributed by atoms with Gasteiger partial charge in [0, 0.05) is 11.8 Å². The molecule has 0 aliphatic rings. The van der Waals surface area contributed by atoms with Crippen LogP contribution in [-0.2, 0) is 9.59 Å². The number of carbonyl (C=O) groups excluding carboxylic acids is 2. The van der Waals surface area contributed by atoms with Crippen LogP contribution >= 0.6 is 0 Å². The van der Waals surface area contributed by atoms with E-state index in [1.807, 2.05) is 41.5 Å². The SMILES string of the molecule is CC(C)C(=[18O])NC(C(=[18O])C(C)C)C(C)C. The Hall–Kier alpha value is -0.860. The summed E-state index contributed by atoms with van der Waals surface area (Å²) in [7, 11) is 0. The van der Waals surface area contributed by atoms with Crippen LogP contribution in [0.5, 0.6) is 0 Å². The fourth-order valence-corrected chi connectivity index (χ4v) is 1.25. The molecule has 0 bridgehead atoms. The molecule has 3 nitrogen and oxygen atoms in total. The molecular formula is C12H23NO2. The summed E-state index contributed by atoms with van der Waals surface area (Å²) in [5.41, 5.74) is 0. The summed E-state index contributed by atoms with van der Waals surface area (Å²) in [6.45, 7) is 11.3. The Balaban J connectivity index is 4.56. The second kappa shape index (κ2) is 5.89. The normalized spacial score (nSPS) is 13.4. The van der Waals surface area contributed by atoms with Crippen LogP contribution in [0.15, 0.2) is 0 Å². The van der Waals surface area contributed by atoms with Gasteiger partial charge in [-0.15, -0.1) is 0 Å². The minimum atomic E-state index is -0.347. The first-order chi connectivity index (χ1) is 6.77. The summed E-state index contributed by atoms with van der Waals surface area (Å²) in [5, 5.41) is 2.81. The molecule has 0 saturated carbocycles. The van der Waals surface area contributed by atoms with Gasteiger partial charge in [-0.2, -0.15) is 0 Å². The van der Waals surface area contributed by atoms with Gasteiger partial charge in [-0.05, 0) is 5.92 Å². The van der Waals surface area contributed by atoms with Crippen LogP contribution in [0.3, 0.4) is 0 Å². The molecule has 0 heterocycles. The number of ketones is 1. The Bertz CT molecular complexity index is 232. The molecule has 1 atom stereocenters. The number of hydrogen-bond acceptors (Lipinski definition) is 2. The summed E-state index contributed by atoms with van der Waals surface area (Å²) < 4.78 is 0. The molecule has 88 valence electrons. The summed E-state index contributed by atoms with van der Waals surface area (Å²) in [6.07, 6.45) is 0. The molecule has 15 heavy (non-hydrogen) atoms. The summed E-state index contributed by atoms with van der Waals surface area (Å²) >= 11 is 0. The fourth-order valence-electron chi connectivity index (χ4n) is 1.25. The number of hydrogen-bond donors (Lipinski definition) is 1. The Morgan fingerprint density at radius 1 is 0.867 bits per heavy atom. The number of rotatable bonds is 5. The second-order valence-corrected chi connectivity index (χ2v) is 4.94. The average Bonchev–Trinajstić information content (AvgIpc) is 2.11. The van der Waals surface area contributed by atoms with Crippen molar-refractivity contribution in [3.05, 3.63) is 0 Å². The molecule has 3 heteroatoms. The molecule has 0 radical (unpaired) electrons. The van der Waals surface area contributed by atoms with E-state index in [1.54, 1.807) is 0 Å². The number of nitrogens with one attached hydrogen (secondary N) is 1. The Morgan fingerprint density at radius 2 is 1.33 bits per heavy atom. The van der Waals surface area contributed by atoms with Gasteiger partial charge in [0.1, 0.15) is 0 Å². The molecule has 0 aliphatic carbocycles. The van der Waals surface area contributed by atoms with E-state index in [0.29, 0.717) is 0 Å². The molecule has 0 spiro atoms. The zero-order valence-electron chi connectivity index (χ0n) is 10.6. The van der Waals surface area contributed by atoms with Gasteiger partial charge >= 0.3 is 0 Å². The lowest BCUT2D eigenvalue weighted by Gasteiger charge is -2.23. The van der Waals surface area contributed by atoms with Crippen LogP contribution in [0.4, 0.5) is 0 Å². The molecule has 0 aromatic carbocycles. The minimum absolute atomic E-state index is 0.0372. The van der Waals surface area contributed by atoms with E-state index in [0.717, 1.165) is 0 Å². The van der Waals surface area contributed by atoms with E-state index in [4.69, 9.17) is 0 Å². The Kier molecular flexibility index (Phi) is 5.55. The average molecular weight is 217 g/mol. The van der Waals surface area contributed by atoms with Crippen molar-refractivity contribution in [2.75, 3.05) is 0 Å². The highest BCUT2D eigenvalue weighted by Crippen LogP contribution is 2.10. The maximum absolute atomic E-state index is 11.8. The third-order valence-electron chi connectivity index (χ3n) is 2.36. The highest BCUT2D eigenvalue weighted by molar-refractivity contribution is 5.90. The van der Waals surface area contributed by atoms with Crippen molar-refractivity contribution in [3.63, 3.8) is 0 Å². The molecule has 0 rings (SSSR count). The Morgan fingerprint density at radius 3 is 1.60 bits per heavy atom. The van der Waals surface area contributed by atoms with Gasteiger partial charge in [0.15, 0.2) is 5.78 Å². The van der Waals surface area contributed by atoms with Gasteiger partial charge in [-0.1, -0.05) is 41.5 Å². The van der Waals surface area contributed by atoms with Gasteiger partial charge < -0.3 is 5.32 Å². The lowest BCUT2D eigenvalue weighted by Crippen LogP contribution is -2.47. The lowest BCUT2D eigenvalue weighted by atomic mass is 9.93. The van der Waals surface area contributed by atoms with E-state index < -0.39 is 0 Å². The zero-order chi connectivity index (χ0) is 12.2. The quantitative estimate of drug-likeness (QED) is 0.716. The number of amides is 1. The number of Topliss-reactive ketones (excluding diaryl/α,β-unsaturated/α-hetero) is 1. The van der Waals surface area contributed by atoms with E-state index in [-0.39, 0.29) is 35.5 Å². The lowest BCUT2D eigenvalue weighted by molar-refractivity contribution is -0.131. The first-order valence-corrected chi connectivity index (χ1v) is 5.61. The summed E-state index contributed by atoms with van der Waals surface area (Å²) in [4.78, 5) is 23.3. The summed E-state index contributed by atoms with van der Waals surface area (Å²) in [6, 6.07) is -0.347. The van der Waals surface area contributed by atoms with Crippen LogP contribution in [-0.4, -0.2) is 17.7 Å². The number of carbonyl (C=O) groups is 2. The van der Waals surface area contributed by atoms with Crippen LogP contribution in [0.25, 0.3) is 0 Å². The van der Waals surface area contributed by atoms with Crippen molar-refractivity contribution in [3.8, 4) is 0 Å². The molecule has 0 aromatic heterocycles.